The van der Waals surface area contributed by atoms with Crippen LogP contribution in [0.2, 0.25) is 0 Å². The highest BCUT2D eigenvalue weighted by Crippen LogP contribution is 2.33. The van der Waals surface area contributed by atoms with Gasteiger partial charge >= 0.3 is 0 Å². The summed E-state index contributed by atoms with van der Waals surface area (Å²) < 4.78 is 1.88. The number of amides is 2. The number of fused-ring (bicyclic) bond motifs is 1. The van der Waals surface area contributed by atoms with Crippen molar-refractivity contribution in [3.63, 3.8) is 0 Å². The Labute approximate surface area is 177 Å². The summed E-state index contributed by atoms with van der Waals surface area (Å²) in [5.41, 5.74) is 3.24. The van der Waals surface area contributed by atoms with Crippen LogP contribution in [0.15, 0.2) is 60.7 Å². The number of anilines is 2. The molecule has 1 fully saturated rings. The third kappa shape index (κ3) is 3.17. The summed E-state index contributed by atoms with van der Waals surface area (Å²) in [6.45, 7) is 2.63. The van der Waals surface area contributed by atoms with Crippen LogP contribution in [0, 0.1) is 6.92 Å². The topological polar surface area (TPSA) is 67.2 Å². The Balaban J connectivity index is 1.48. The van der Waals surface area contributed by atoms with Gasteiger partial charge in [-0.3, -0.25) is 9.59 Å². The monoisotopic (exact) mass is 416 g/mol. The van der Waals surface area contributed by atoms with Gasteiger partial charge in [0.25, 0.3) is 5.91 Å². The van der Waals surface area contributed by atoms with E-state index in [0.717, 1.165) is 33.7 Å². The number of aryl methyl sites for hydroxylation is 1. The first-order valence-corrected chi connectivity index (χ1v) is 10.7. The second-order valence-electron chi connectivity index (χ2n) is 7.28. The summed E-state index contributed by atoms with van der Waals surface area (Å²) >= 11 is 1.41. The molecule has 30 heavy (non-hydrogen) atoms. The molecule has 0 saturated carbocycles. The molecule has 7 heteroatoms. The van der Waals surface area contributed by atoms with Crippen LogP contribution in [0.1, 0.15) is 28.2 Å². The van der Waals surface area contributed by atoms with Crippen LogP contribution in [0.3, 0.4) is 0 Å². The van der Waals surface area contributed by atoms with Crippen molar-refractivity contribution in [2.45, 2.75) is 19.8 Å². The van der Waals surface area contributed by atoms with Gasteiger partial charge in [0.1, 0.15) is 4.83 Å². The van der Waals surface area contributed by atoms with E-state index in [9.17, 15) is 9.59 Å². The van der Waals surface area contributed by atoms with Crippen molar-refractivity contribution in [3.05, 3.63) is 71.2 Å². The molecule has 3 heterocycles. The van der Waals surface area contributed by atoms with Crippen LogP contribution < -0.4 is 10.2 Å². The van der Waals surface area contributed by atoms with Crippen molar-refractivity contribution in [1.29, 1.82) is 0 Å². The number of benzene rings is 2. The Morgan fingerprint density at radius 3 is 2.63 bits per heavy atom. The molecule has 150 valence electrons. The molecule has 0 bridgehead atoms. The molecule has 1 saturated heterocycles. The van der Waals surface area contributed by atoms with Crippen LogP contribution in [-0.2, 0) is 4.79 Å². The van der Waals surface area contributed by atoms with Crippen LogP contribution in [-0.4, -0.2) is 28.1 Å². The minimum Gasteiger partial charge on any atom is -0.319 e. The van der Waals surface area contributed by atoms with Crippen molar-refractivity contribution in [1.82, 2.24) is 9.78 Å². The summed E-state index contributed by atoms with van der Waals surface area (Å²) in [6, 6.07) is 19.2. The van der Waals surface area contributed by atoms with Gasteiger partial charge < -0.3 is 10.2 Å². The average Bonchev–Trinajstić information content (AvgIpc) is 3.46. The Hall–Kier alpha value is -3.45. The van der Waals surface area contributed by atoms with Gasteiger partial charge in [0.05, 0.1) is 27.6 Å². The number of carbonyl (C=O) groups is 2. The van der Waals surface area contributed by atoms with E-state index in [0.29, 0.717) is 23.5 Å². The maximum atomic E-state index is 13.1. The molecular weight excluding hydrogens is 396 g/mol. The SMILES string of the molecule is Cc1nn(-c2ccccc2)c2sc(C(=O)Nc3ccccc3N3CCCC3=O)cc12. The van der Waals surface area contributed by atoms with Gasteiger partial charge in [-0.2, -0.15) is 5.10 Å². The predicted molar refractivity (Wildman–Crippen MR) is 120 cm³/mol. The van der Waals surface area contributed by atoms with Gasteiger partial charge in [-0.05, 0) is 43.7 Å². The van der Waals surface area contributed by atoms with Crippen molar-refractivity contribution < 1.29 is 9.59 Å². The normalized spacial score (nSPS) is 13.9. The first-order valence-electron chi connectivity index (χ1n) is 9.87. The molecule has 0 aliphatic carbocycles. The molecule has 1 aliphatic rings. The molecule has 5 rings (SSSR count). The van der Waals surface area contributed by atoms with Crippen LogP contribution >= 0.6 is 11.3 Å². The second-order valence-corrected chi connectivity index (χ2v) is 8.31. The van der Waals surface area contributed by atoms with Gasteiger partial charge in [0, 0.05) is 18.4 Å². The Bertz CT molecular complexity index is 1260. The quantitative estimate of drug-likeness (QED) is 0.521. The van der Waals surface area contributed by atoms with Crippen LogP contribution in [0.4, 0.5) is 11.4 Å². The standard InChI is InChI=1S/C23H20N4O2S/c1-15-17-14-20(30-23(17)27(25-15)16-8-3-2-4-9-16)22(29)24-18-10-5-6-11-19(18)26-13-7-12-21(26)28/h2-6,8-11,14H,7,12-13H2,1H3,(H,24,29). The molecule has 2 amide bonds. The number of hydrogen-bond donors (Lipinski definition) is 1. The lowest BCUT2D eigenvalue weighted by atomic mass is 10.2. The Morgan fingerprint density at radius 1 is 1.10 bits per heavy atom. The highest BCUT2D eigenvalue weighted by Gasteiger charge is 2.25. The van der Waals surface area contributed by atoms with E-state index in [1.54, 1.807) is 4.90 Å². The minimum absolute atomic E-state index is 0.0946. The number of para-hydroxylation sites is 3. The summed E-state index contributed by atoms with van der Waals surface area (Å²) in [5, 5.41) is 8.60. The van der Waals surface area contributed by atoms with E-state index in [4.69, 9.17) is 0 Å². The summed E-state index contributed by atoms with van der Waals surface area (Å²) in [6.07, 6.45) is 1.39. The lowest BCUT2D eigenvalue weighted by Crippen LogP contribution is -2.25. The van der Waals surface area contributed by atoms with Gasteiger partial charge in [0.15, 0.2) is 0 Å². The minimum atomic E-state index is -0.186. The zero-order valence-electron chi connectivity index (χ0n) is 16.5. The van der Waals surface area contributed by atoms with Crippen molar-refractivity contribution in [2.24, 2.45) is 0 Å². The molecule has 0 atom stereocenters. The molecule has 2 aromatic heterocycles. The van der Waals surface area contributed by atoms with Crippen molar-refractivity contribution in [3.8, 4) is 5.69 Å². The molecule has 4 aromatic rings. The van der Waals surface area contributed by atoms with E-state index in [1.807, 2.05) is 72.3 Å². The molecule has 0 spiro atoms. The number of thiophene rings is 1. The van der Waals surface area contributed by atoms with Gasteiger partial charge in [-0.15, -0.1) is 11.3 Å². The van der Waals surface area contributed by atoms with Gasteiger partial charge in [0.2, 0.25) is 5.91 Å². The summed E-state index contributed by atoms with van der Waals surface area (Å²) in [4.78, 5) is 28.5. The zero-order chi connectivity index (χ0) is 20.7. The van der Waals surface area contributed by atoms with Crippen LogP contribution in [0.25, 0.3) is 15.9 Å². The predicted octanol–water partition coefficient (Wildman–Crippen LogP) is 4.77. The van der Waals surface area contributed by atoms with Crippen molar-refractivity contribution >= 4 is 44.7 Å². The van der Waals surface area contributed by atoms with E-state index in [-0.39, 0.29) is 11.8 Å². The molecule has 0 radical (unpaired) electrons. The third-order valence-corrected chi connectivity index (χ3v) is 6.40. The molecule has 1 N–H and O–H groups in total. The zero-order valence-corrected chi connectivity index (χ0v) is 17.3. The Kier molecular flexibility index (Phi) is 4.59. The number of nitrogens with one attached hydrogen (secondary N) is 1. The summed E-state index contributed by atoms with van der Waals surface area (Å²) in [5.74, 6) is -0.0913. The maximum absolute atomic E-state index is 13.1. The fourth-order valence-electron chi connectivity index (χ4n) is 3.80. The Morgan fingerprint density at radius 2 is 1.87 bits per heavy atom. The highest BCUT2D eigenvalue weighted by atomic mass is 32.1. The lowest BCUT2D eigenvalue weighted by molar-refractivity contribution is -0.117. The van der Waals surface area contributed by atoms with E-state index in [1.165, 1.54) is 11.3 Å². The van der Waals surface area contributed by atoms with Crippen LogP contribution in [0.5, 0.6) is 0 Å². The highest BCUT2D eigenvalue weighted by molar-refractivity contribution is 7.20. The second kappa shape index (κ2) is 7.42. The molecule has 0 unspecified atom stereocenters. The smallest absolute Gasteiger partial charge is 0.265 e. The maximum Gasteiger partial charge on any atom is 0.265 e. The fourth-order valence-corrected chi connectivity index (χ4v) is 4.88. The fraction of sp³-hybridized carbons (Fsp3) is 0.174. The number of aromatic nitrogens is 2. The van der Waals surface area contributed by atoms with E-state index < -0.39 is 0 Å². The van der Waals surface area contributed by atoms with Crippen molar-refractivity contribution in [2.75, 3.05) is 16.8 Å². The number of rotatable bonds is 4. The van der Waals surface area contributed by atoms with E-state index in [2.05, 4.69) is 10.4 Å². The third-order valence-electron chi connectivity index (χ3n) is 5.29. The molecule has 6 nitrogen and oxygen atoms in total. The molecular formula is C23H20N4O2S. The average molecular weight is 417 g/mol. The largest absolute Gasteiger partial charge is 0.319 e. The van der Waals surface area contributed by atoms with Gasteiger partial charge in [-0.25, -0.2) is 4.68 Å². The lowest BCUT2D eigenvalue weighted by Gasteiger charge is -2.19. The summed E-state index contributed by atoms with van der Waals surface area (Å²) in [7, 11) is 0. The first-order chi connectivity index (χ1) is 14.6. The number of nitrogens with zero attached hydrogens (tertiary/aromatic N) is 3. The molecule has 2 aromatic carbocycles. The number of carbonyl (C=O) groups excluding carboxylic acids is 2. The van der Waals surface area contributed by atoms with E-state index >= 15 is 0 Å². The molecule has 1 aliphatic heterocycles. The first kappa shape index (κ1) is 18.6. The number of hydrogen-bond acceptors (Lipinski definition) is 4. The van der Waals surface area contributed by atoms with Gasteiger partial charge in [-0.1, -0.05) is 30.3 Å².